The maximum Gasteiger partial charge on any atom is 0.255 e. The lowest BCUT2D eigenvalue weighted by molar-refractivity contribution is -0.124. The molecule has 6 heteroatoms. The van der Waals surface area contributed by atoms with Crippen molar-refractivity contribution in [3.8, 4) is 0 Å². The van der Waals surface area contributed by atoms with E-state index in [0.29, 0.717) is 24.3 Å². The molecule has 2 N–H and O–H groups in total. The molecule has 1 unspecified atom stereocenters. The molecule has 0 bridgehead atoms. The lowest BCUT2D eigenvalue weighted by atomic mass is 10.1. The Morgan fingerprint density at radius 3 is 2.67 bits per heavy atom. The van der Waals surface area contributed by atoms with Crippen molar-refractivity contribution in [2.45, 2.75) is 18.9 Å². The van der Waals surface area contributed by atoms with Crippen LogP contribution in [0.3, 0.4) is 0 Å². The molecule has 2 aromatic carbocycles. The number of anilines is 2. The molecule has 5 nitrogen and oxygen atoms in total. The van der Waals surface area contributed by atoms with E-state index in [1.807, 2.05) is 0 Å². The van der Waals surface area contributed by atoms with Gasteiger partial charge in [0.05, 0.1) is 5.69 Å². The number of hydrogen-bond donors (Lipinski definition) is 2. The van der Waals surface area contributed by atoms with Crippen LogP contribution < -0.4 is 10.6 Å². The molecule has 2 amide bonds. The summed E-state index contributed by atoms with van der Waals surface area (Å²) in [7, 11) is 0. The van der Waals surface area contributed by atoms with Gasteiger partial charge in [-0.15, -0.1) is 0 Å². The summed E-state index contributed by atoms with van der Waals surface area (Å²) in [6, 6.07) is 12.4. The van der Waals surface area contributed by atoms with Gasteiger partial charge >= 0.3 is 0 Å². The van der Waals surface area contributed by atoms with Gasteiger partial charge in [-0.1, -0.05) is 18.2 Å². The molecule has 0 aliphatic carbocycles. The number of para-hydroxylation sites is 1. The standard InChI is InChI=1S/C18H17FN2O3/c19-14-7-1-2-8-15(14)21-17(22)12-5-3-6-13(11-12)20-18(23)16-9-4-10-24-16/h1-3,5-8,11,16H,4,9-10H2,(H,20,23)(H,21,22). The van der Waals surface area contributed by atoms with E-state index in [1.54, 1.807) is 36.4 Å². The average molecular weight is 328 g/mol. The van der Waals surface area contributed by atoms with Gasteiger partial charge in [-0.25, -0.2) is 4.39 Å². The third-order valence-electron chi connectivity index (χ3n) is 3.74. The van der Waals surface area contributed by atoms with Crippen LogP contribution in [0.5, 0.6) is 0 Å². The number of carbonyl (C=O) groups excluding carboxylic acids is 2. The summed E-state index contributed by atoms with van der Waals surface area (Å²) < 4.78 is 18.9. The van der Waals surface area contributed by atoms with E-state index in [0.717, 1.165) is 6.42 Å². The Labute approximate surface area is 138 Å². The molecule has 1 fully saturated rings. The normalized spacial score (nSPS) is 16.6. The van der Waals surface area contributed by atoms with Gasteiger partial charge in [0, 0.05) is 17.9 Å². The molecule has 24 heavy (non-hydrogen) atoms. The molecule has 2 aromatic rings. The Morgan fingerprint density at radius 2 is 1.92 bits per heavy atom. The van der Waals surface area contributed by atoms with E-state index < -0.39 is 17.8 Å². The highest BCUT2D eigenvalue weighted by Crippen LogP contribution is 2.18. The fraction of sp³-hybridized carbons (Fsp3) is 0.222. The highest BCUT2D eigenvalue weighted by Gasteiger charge is 2.23. The molecule has 0 saturated carbocycles. The van der Waals surface area contributed by atoms with Gasteiger partial charge in [-0.05, 0) is 43.2 Å². The Morgan fingerprint density at radius 1 is 1.08 bits per heavy atom. The van der Waals surface area contributed by atoms with Gasteiger partial charge in [-0.3, -0.25) is 9.59 Å². The molecule has 124 valence electrons. The highest BCUT2D eigenvalue weighted by molar-refractivity contribution is 6.05. The maximum atomic E-state index is 13.6. The largest absolute Gasteiger partial charge is 0.368 e. The quantitative estimate of drug-likeness (QED) is 0.906. The van der Waals surface area contributed by atoms with Crippen LogP contribution in [0.2, 0.25) is 0 Å². The number of benzene rings is 2. The smallest absolute Gasteiger partial charge is 0.255 e. The Bertz CT molecular complexity index is 757. The van der Waals surface area contributed by atoms with Crippen molar-refractivity contribution in [2.24, 2.45) is 0 Å². The van der Waals surface area contributed by atoms with E-state index >= 15 is 0 Å². The summed E-state index contributed by atoms with van der Waals surface area (Å²) in [5.41, 5.74) is 0.927. The first kappa shape index (κ1) is 16.1. The van der Waals surface area contributed by atoms with E-state index in [1.165, 1.54) is 12.1 Å². The molecule has 0 radical (unpaired) electrons. The zero-order valence-electron chi connectivity index (χ0n) is 12.9. The average Bonchev–Trinajstić information content (AvgIpc) is 3.12. The number of rotatable bonds is 4. The summed E-state index contributed by atoms with van der Waals surface area (Å²) in [6.45, 7) is 0.586. The van der Waals surface area contributed by atoms with Gasteiger partial charge in [0.15, 0.2) is 0 Å². The first-order chi connectivity index (χ1) is 11.6. The van der Waals surface area contributed by atoms with E-state index in [4.69, 9.17) is 4.74 Å². The van der Waals surface area contributed by atoms with E-state index in [2.05, 4.69) is 10.6 Å². The third kappa shape index (κ3) is 3.78. The van der Waals surface area contributed by atoms with Crippen molar-refractivity contribution in [2.75, 3.05) is 17.2 Å². The van der Waals surface area contributed by atoms with Crippen LogP contribution in [0, 0.1) is 5.82 Å². The number of halogens is 1. The fourth-order valence-corrected chi connectivity index (χ4v) is 2.50. The summed E-state index contributed by atoms with van der Waals surface area (Å²) in [5, 5.41) is 5.25. The summed E-state index contributed by atoms with van der Waals surface area (Å²) in [5.74, 6) is -1.18. The first-order valence-electron chi connectivity index (χ1n) is 7.72. The molecule has 1 atom stereocenters. The van der Waals surface area contributed by atoms with Crippen molar-refractivity contribution >= 4 is 23.2 Å². The molecular weight excluding hydrogens is 311 g/mol. The van der Waals surface area contributed by atoms with Crippen molar-refractivity contribution in [1.82, 2.24) is 0 Å². The third-order valence-corrected chi connectivity index (χ3v) is 3.74. The van der Waals surface area contributed by atoms with Crippen molar-refractivity contribution < 1.29 is 18.7 Å². The summed E-state index contributed by atoms with van der Waals surface area (Å²) in [4.78, 5) is 24.3. The molecule has 1 aliphatic heterocycles. The topological polar surface area (TPSA) is 67.4 Å². The van der Waals surface area contributed by atoms with Crippen LogP contribution in [-0.2, 0) is 9.53 Å². The van der Waals surface area contributed by atoms with Crippen LogP contribution in [0.1, 0.15) is 23.2 Å². The van der Waals surface area contributed by atoms with Gasteiger partial charge in [0.25, 0.3) is 11.8 Å². The second kappa shape index (κ2) is 7.23. The second-order valence-electron chi connectivity index (χ2n) is 5.51. The summed E-state index contributed by atoms with van der Waals surface area (Å²) >= 11 is 0. The highest BCUT2D eigenvalue weighted by atomic mass is 19.1. The van der Waals surface area contributed by atoms with Crippen LogP contribution in [-0.4, -0.2) is 24.5 Å². The number of hydrogen-bond acceptors (Lipinski definition) is 3. The zero-order chi connectivity index (χ0) is 16.9. The SMILES string of the molecule is O=C(Nc1ccccc1F)c1cccc(NC(=O)C2CCCO2)c1. The van der Waals surface area contributed by atoms with Crippen molar-refractivity contribution in [3.05, 3.63) is 59.9 Å². The Kier molecular flexibility index (Phi) is 4.86. The van der Waals surface area contributed by atoms with Crippen LogP contribution in [0.4, 0.5) is 15.8 Å². The van der Waals surface area contributed by atoms with Crippen LogP contribution >= 0.6 is 0 Å². The van der Waals surface area contributed by atoms with E-state index in [-0.39, 0.29) is 11.6 Å². The minimum absolute atomic E-state index is 0.108. The molecule has 1 aliphatic rings. The molecule has 1 saturated heterocycles. The molecular formula is C18H17FN2O3. The maximum absolute atomic E-state index is 13.6. The fourth-order valence-electron chi connectivity index (χ4n) is 2.50. The summed E-state index contributed by atoms with van der Waals surface area (Å²) in [6.07, 6.45) is 1.11. The minimum Gasteiger partial charge on any atom is -0.368 e. The van der Waals surface area contributed by atoms with Gasteiger partial charge in [0.1, 0.15) is 11.9 Å². The second-order valence-corrected chi connectivity index (χ2v) is 5.51. The zero-order valence-corrected chi connectivity index (χ0v) is 12.9. The van der Waals surface area contributed by atoms with Crippen LogP contribution in [0.25, 0.3) is 0 Å². The molecule has 1 heterocycles. The number of nitrogens with one attached hydrogen (secondary N) is 2. The van der Waals surface area contributed by atoms with Crippen molar-refractivity contribution in [1.29, 1.82) is 0 Å². The monoisotopic (exact) mass is 328 g/mol. The first-order valence-corrected chi connectivity index (χ1v) is 7.72. The number of carbonyl (C=O) groups is 2. The predicted octanol–water partition coefficient (Wildman–Crippen LogP) is 3.20. The lowest BCUT2D eigenvalue weighted by Gasteiger charge is -2.11. The van der Waals surface area contributed by atoms with E-state index in [9.17, 15) is 14.0 Å². The van der Waals surface area contributed by atoms with Gasteiger partial charge in [0.2, 0.25) is 0 Å². The van der Waals surface area contributed by atoms with Crippen LogP contribution in [0.15, 0.2) is 48.5 Å². The van der Waals surface area contributed by atoms with Gasteiger partial charge < -0.3 is 15.4 Å². The minimum atomic E-state index is -0.506. The number of ether oxygens (including phenoxy) is 1. The predicted molar refractivity (Wildman–Crippen MR) is 88.4 cm³/mol. The van der Waals surface area contributed by atoms with Crippen molar-refractivity contribution in [3.63, 3.8) is 0 Å². The number of amides is 2. The Balaban J connectivity index is 1.69. The van der Waals surface area contributed by atoms with Gasteiger partial charge in [-0.2, -0.15) is 0 Å². The lowest BCUT2D eigenvalue weighted by Crippen LogP contribution is -2.27. The molecule has 0 aromatic heterocycles. The Hall–Kier alpha value is -2.73. The molecule has 3 rings (SSSR count). The molecule has 0 spiro atoms.